The van der Waals surface area contributed by atoms with E-state index in [0.717, 1.165) is 18.6 Å². The van der Waals surface area contributed by atoms with Crippen LogP contribution in [0.25, 0.3) is 0 Å². The molecule has 0 fully saturated rings. The van der Waals surface area contributed by atoms with Crippen molar-refractivity contribution in [2.24, 2.45) is 0 Å². The number of carbonyl (C=O) groups is 1. The molecule has 0 aromatic heterocycles. The van der Waals surface area contributed by atoms with Gasteiger partial charge in [0.15, 0.2) is 17.4 Å². The molecule has 1 aromatic rings. The third-order valence-electron chi connectivity index (χ3n) is 2.32. The number of rotatable bonds is 5. The van der Waals surface area contributed by atoms with E-state index in [1.807, 2.05) is 13.8 Å². The molecule has 0 N–H and O–H groups in total. The molecule has 0 saturated carbocycles. The third kappa shape index (κ3) is 3.59. The summed E-state index contributed by atoms with van der Waals surface area (Å²) in [7, 11) is 0. The molecular formula is C12H14F2OS. The van der Waals surface area contributed by atoms with E-state index in [9.17, 15) is 13.6 Å². The zero-order valence-electron chi connectivity index (χ0n) is 9.30. The predicted octanol–water partition coefficient (Wildman–Crippen LogP) is 3.68. The summed E-state index contributed by atoms with van der Waals surface area (Å²) in [6, 6.07) is 3.25. The molecular weight excluding hydrogens is 230 g/mol. The second-order valence-corrected chi connectivity index (χ2v) is 5.01. The van der Waals surface area contributed by atoms with Gasteiger partial charge in [-0.3, -0.25) is 4.79 Å². The van der Waals surface area contributed by atoms with Crippen LogP contribution in [-0.2, 0) is 0 Å². The highest BCUT2D eigenvalue weighted by molar-refractivity contribution is 8.00. The van der Waals surface area contributed by atoms with E-state index in [2.05, 4.69) is 0 Å². The lowest BCUT2D eigenvalue weighted by molar-refractivity contribution is 0.102. The van der Waals surface area contributed by atoms with Crippen molar-refractivity contribution in [1.82, 2.24) is 0 Å². The van der Waals surface area contributed by atoms with E-state index in [0.29, 0.717) is 11.0 Å². The Hall–Kier alpha value is -0.900. The van der Waals surface area contributed by atoms with Crippen molar-refractivity contribution in [2.75, 3.05) is 5.75 Å². The van der Waals surface area contributed by atoms with Crippen LogP contribution in [0.4, 0.5) is 8.78 Å². The lowest BCUT2D eigenvalue weighted by Crippen LogP contribution is -2.06. The maximum atomic E-state index is 12.9. The number of halogens is 2. The van der Waals surface area contributed by atoms with Gasteiger partial charge < -0.3 is 0 Å². The Labute approximate surface area is 98.2 Å². The Balaban J connectivity index is 2.63. The first-order chi connectivity index (χ1) is 7.54. The first kappa shape index (κ1) is 13.2. The molecule has 0 aliphatic heterocycles. The van der Waals surface area contributed by atoms with Crippen LogP contribution in [0.15, 0.2) is 18.2 Å². The second-order valence-electron chi connectivity index (χ2n) is 3.58. The SMILES string of the molecule is CCC(C)SCC(=O)c1ccc(F)c(F)c1. The maximum absolute atomic E-state index is 12.9. The van der Waals surface area contributed by atoms with Crippen LogP contribution in [0.1, 0.15) is 30.6 Å². The quantitative estimate of drug-likeness (QED) is 0.735. The highest BCUT2D eigenvalue weighted by Crippen LogP contribution is 2.16. The second kappa shape index (κ2) is 5.99. The largest absolute Gasteiger partial charge is 0.293 e. The van der Waals surface area contributed by atoms with Crippen molar-refractivity contribution in [1.29, 1.82) is 0 Å². The smallest absolute Gasteiger partial charge is 0.172 e. The highest BCUT2D eigenvalue weighted by Gasteiger charge is 2.11. The maximum Gasteiger partial charge on any atom is 0.172 e. The van der Waals surface area contributed by atoms with Gasteiger partial charge >= 0.3 is 0 Å². The number of Topliss-reactive ketones (excluding diaryl/α,β-unsaturated/α-hetero) is 1. The molecule has 0 aliphatic rings. The van der Waals surface area contributed by atoms with Crippen LogP contribution < -0.4 is 0 Å². The Morgan fingerprint density at radius 3 is 2.62 bits per heavy atom. The van der Waals surface area contributed by atoms with Crippen LogP contribution in [0.3, 0.4) is 0 Å². The van der Waals surface area contributed by atoms with Crippen LogP contribution >= 0.6 is 11.8 Å². The molecule has 0 spiro atoms. The number of benzene rings is 1. The van der Waals surface area contributed by atoms with Gasteiger partial charge in [0.05, 0.1) is 5.75 Å². The summed E-state index contributed by atoms with van der Waals surface area (Å²) in [4.78, 5) is 11.6. The third-order valence-corrected chi connectivity index (χ3v) is 3.65. The standard InChI is InChI=1S/C12H14F2OS/c1-3-8(2)16-7-12(15)9-4-5-10(13)11(14)6-9/h4-6,8H,3,7H2,1-2H3. The summed E-state index contributed by atoms with van der Waals surface area (Å²) < 4.78 is 25.5. The molecule has 1 aromatic carbocycles. The van der Waals surface area contributed by atoms with Crippen molar-refractivity contribution in [2.45, 2.75) is 25.5 Å². The molecule has 0 radical (unpaired) electrons. The monoisotopic (exact) mass is 244 g/mol. The van der Waals surface area contributed by atoms with Gasteiger partial charge in [0.1, 0.15) is 0 Å². The lowest BCUT2D eigenvalue weighted by atomic mass is 10.1. The molecule has 1 unspecified atom stereocenters. The van der Waals surface area contributed by atoms with Crippen molar-refractivity contribution in [3.63, 3.8) is 0 Å². The van der Waals surface area contributed by atoms with E-state index in [1.165, 1.54) is 17.8 Å². The molecule has 88 valence electrons. The fourth-order valence-corrected chi connectivity index (χ4v) is 1.93. The minimum Gasteiger partial charge on any atom is -0.293 e. The fraction of sp³-hybridized carbons (Fsp3) is 0.417. The number of hydrogen-bond donors (Lipinski definition) is 0. The summed E-state index contributed by atoms with van der Waals surface area (Å²) in [6.45, 7) is 4.07. The molecule has 1 nitrogen and oxygen atoms in total. The van der Waals surface area contributed by atoms with Crippen molar-refractivity contribution < 1.29 is 13.6 Å². The molecule has 4 heteroatoms. The number of ketones is 1. The Morgan fingerprint density at radius 1 is 1.38 bits per heavy atom. The average Bonchev–Trinajstić information content (AvgIpc) is 2.29. The average molecular weight is 244 g/mol. The van der Waals surface area contributed by atoms with Crippen LogP contribution in [0, 0.1) is 11.6 Å². The van der Waals surface area contributed by atoms with Gasteiger partial charge in [-0.2, -0.15) is 11.8 Å². The Kier molecular flexibility index (Phi) is 4.93. The molecule has 0 saturated heterocycles. The summed E-state index contributed by atoms with van der Waals surface area (Å²) in [6.07, 6.45) is 0.982. The van der Waals surface area contributed by atoms with E-state index in [-0.39, 0.29) is 11.3 Å². The van der Waals surface area contributed by atoms with E-state index >= 15 is 0 Å². The Bertz CT molecular complexity index is 379. The van der Waals surface area contributed by atoms with E-state index in [1.54, 1.807) is 0 Å². The molecule has 0 bridgehead atoms. The molecule has 1 atom stereocenters. The number of hydrogen-bond acceptors (Lipinski definition) is 2. The number of thioether (sulfide) groups is 1. The van der Waals surface area contributed by atoms with Gasteiger partial charge in [0, 0.05) is 10.8 Å². The first-order valence-electron chi connectivity index (χ1n) is 5.14. The van der Waals surface area contributed by atoms with Crippen LogP contribution in [-0.4, -0.2) is 16.8 Å². The van der Waals surface area contributed by atoms with Gasteiger partial charge in [-0.15, -0.1) is 0 Å². The van der Waals surface area contributed by atoms with Crippen molar-refractivity contribution in [3.05, 3.63) is 35.4 Å². The van der Waals surface area contributed by atoms with Gasteiger partial charge in [-0.1, -0.05) is 13.8 Å². The molecule has 0 heterocycles. The van der Waals surface area contributed by atoms with Crippen molar-refractivity contribution in [3.8, 4) is 0 Å². The summed E-state index contributed by atoms with van der Waals surface area (Å²) in [5.74, 6) is -1.75. The van der Waals surface area contributed by atoms with E-state index in [4.69, 9.17) is 0 Å². The first-order valence-corrected chi connectivity index (χ1v) is 6.19. The minimum atomic E-state index is -0.973. The predicted molar refractivity (Wildman–Crippen MR) is 62.9 cm³/mol. The van der Waals surface area contributed by atoms with Gasteiger partial charge in [-0.25, -0.2) is 8.78 Å². The lowest BCUT2D eigenvalue weighted by Gasteiger charge is -2.07. The highest BCUT2D eigenvalue weighted by atomic mass is 32.2. The summed E-state index contributed by atoms with van der Waals surface area (Å²) in [5.41, 5.74) is 0.231. The normalized spacial score (nSPS) is 12.5. The molecule has 0 aliphatic carbocycles. The fourth-order valence-electron chi connectivity index (χ4n) is 1.09. The van der Waals surface area contributed by atoms with Crippen molar-refractivity contribution >= 4 is 17.5 Å². The van der Waals surface area contributed by atoms with Gasteiger partial charge in [0.2, 0.25) is 0 Å². The summed E-state index contributed by atoms with van der Waals surface area (Å²) in [5, 5.41) is 0.397. The zero-order chi connectivity index (χ0) is 12.1. The minimum absolute atomic E-state index is 0.163. The molecule has 16 heavy (non-hydrogen) atoms. The molecule has 1 rings (SSSR count). The Morgan fingerprint density at radius 2 is 2.06 bits per heavy atom. The van der Waals surface area contributed by atoms with Gasteiger partial charge in [0.25, 0.3) is 0 Å². The van der Waals surface area contributed by atoms with Crippen LogP contribution in [0.5, 0.6) is 0 Å². The number of carbonyl (C=O) groups excluding carboxylic acids is 1. The zero-order valence-corrected chi connectivity index (χ0v) is 10.1. The summed E-state index contributed by atoms with van der Waals surface area (Å²) >= 11 is 1.52. The van der Waals surface area contributed by atoms with E-state index < -0.39 is 11.6 Å². The van der Waals surface area contributed by atoms with Gasteiger partial charge in [-0.05, 0) is 24.6 Å². The topological polar surface area (TPSA) is 17.1 Å². The molecule has 0 amide bonds. The van der Waals surface area contributed by atoms with Crippen LogP contribution in [0.2, 0.25) is 0 Å².